The van der Waals surface area contributed by atoms with Gasteiger partial charge in [-0.3, -0.25) is 4.79 Å². The number of para-hydroxylation sites is 2. The monoisotopic (exact) mass is 295 g/mol. The predicted molar refractivity (Wildman–Crippen MR) is 82.1 cm³/mol. The molecule has 1 rings (SSSR count). The molecule has 1 aromatic rings. The number of carboxylic acids is 1. The van der Waals surface area contributed by atoms with Gasteiger partial charge in [0.05, 0.1) is 13.7 Å². The smallest absolute Gasteiger partial charge is 0.323 e. The zero-order valence-corrected chi connectivity index (χ0v) is 13.0. The molecule has 1 unspecified atom stereocenters. The highest BCUT2D eigenvalue weighted by atomic mass is 16.5. The first-order valence-corrected chi connectivity index (χ1v) is 7.27. The molecule has 0 amide bonds. The topological polar surface area (TPSA) is 67.8 Å². The molecule has 0 bridgehead atoms. The summed E-state index contributed by atoms with van der Waals surface area (Å²) in [5.74, 6) is 0.614. The number of carboxylic acid groups (broad SMARTS) is 1. The molecular formula is C16H25NO4. The van der Waals surface area contributed by atoms with Crippen LogP contribution in [0.5, 0.6) is 11.5 Å². The third-order valence-corrected chi connectivity index (χ3v) is 3.44. The molecular weight excluding hydrogens is 270 g/mol. The van der Waals surface area contributed by atoms with Gasteiger partial charge in [-0.15, -0.1) is 0 Å². The van der Waals surface area contributed by atoms with Gasteiger partial charge in [0, 0.05) is 0 Å². The van der Waals surface area contributed by atoms with Crippen molar-refractivity contribution in [2.75, 3.05) is 20.3 Å². The van der Waals surface area contributed by atoms with E-state index < -0.39 is 11.5 Å². The van der Waals surface area contributed by atoms with Crippen LogP contribution in [0, 0.1) is 0 Å². The lowest BCUT2D eigenvalue weighted by molar-refractivity contribution is -0.144. The van der Waals surface area contributed by atoms with Crippen molar-refractivity contribution in [2.24, 2.45) is 0 Å². The number of methoxy groups -OCH3 is 1. The van der Waals surface area contributed by atoms with Gasteiger partial charge < -0.3 is 19.9 Å². The van der Waals surface area contributed by atoms with Crippen molar-refractivity contribution in [1.82, 2.24) is 5.32 Å². The van der Waals surface area contributed by atoms with Crippen LogP contribution in [0.25, 0.3) is 0 Å². The predicted octanol–water partition coefficient (Wildman–Crippen LogP) is 2.70. The maximum atomic E-state index is 11.3. The summed E-state index contributed by atoms with van der Waals surface area (Å²) in [4.78, 5) is 11.3. The number of rotatable bonds is 10. The largest absolute Gasteiger partial charge is 0.493 e. The molecule has 0 saturated heterocycles. The Hall–Kier alpha value is -1.75. The lowest BCUT2D eigenvalue weighted by Gasteiger charge is -2.25. The number of hydrogen-bond donors (Lipinski definition) is 2. The minimum absolute atomic E-state index is 0.544. The maximum Gasteiger partial charge on any atom is 0.323 e. The van der Waals surface area contributed by atoms with E-state index in [2.05, 4.69) is 5.32 Å². The van der Waals surface area contributed by atoms with Gasteiger partial charge in [-0.1, -0.05) is 19.1 Å². The lowest BCUT2D eigenvalue weighted by Crippen LogP contribution is -2.49. The Kier molecular flexibility index (Phi) is 7.02. The number of hydrogen-bond acceptors (Lipinski definition) is 4. The van der Waals surface area contributed by atoms with Crippen LogP contribution in [0.15, 0.2) is 24.3 Å². The van der Waals surface area contributed by atoms with Crippen molar-refractivity contribution in [3.63, 3.8) is 0 Å². The minimum atomic E-state index is -0.862. The zero-order chi connectivity index (χ0) is 15.7. The Labute approximate surface area is 126 Å². The number of aliphatic carboxylic acids is 1. The fourth-order valence-electron chi connectivity index (χ4n) is 2.16. The summed E-state index contributed by atoms with van der Waals surface area (Å²) in [6.07, 6.45) is 2.16. The molecule has 2 N–H and O–H groups in total. The van der Waals surface area contributed by atoms with Crippen LogP contribution in [0.1, 0.15) is 33.1 Å². The fraction of sp³-hybridized carbons (Fsp3) is 0.562. The van der Waals surface area contributed by atoms with Gasteiger partial charge >= 0.3 is 5.97 Å². The van der Waals surface area contributed by atoms with E-state index in [0.29, 0.717) is 31.1 Å². The fourth-order valence-corrected chi connectivity index (χ4v) is 2.16. The standard InChI is InChI=1S/C16H25NO4/c1-4-17-16(2,15(18)19)11-7-8-12-21-14-10-6-5-9-13(14)20-3/h5-6,9-10,17H,4,7-8,11-12H2,1-3H3,(H,18,19). The van der Waals surface area contributed by atoms with Crippen molar-refractivity contribution >= 4 is 5.97 Å². The molecule has 0 heterocycles. The Bertz CT molecular complexity index is 450. The number of unbranched alkanes of at least 4 members (excludes halogenated alkanes) is 1. The first-order chi connectivity index (χ1) is 10.0. The average molecular weight is 295 g/mol. The molecule has 118 valence electrons. The van der Waals surface area contributed by atoms with Crippen LogP contribution in [0.2, 0.25) is 0 Å². The highest BCUT2D eigenvalue weighted by molar-refractivity contribution is 5.78. The number of nitrogens with one attached hydrogen (secondary N) is 1. The Morgan fingerprint density at radius 2 is 1.95 bits per heavy atom. The second-order valence-electron chi connectivity index (χ2n) is 5.12. The molecule has 0 aliphatic heterocycles. The summed E-state index contributed by atoms with van der Waals surface area (Å²) in [5, 5.41) is 12.3. The first-order valence-electron chi connectivity index (χ1n) is 7.27. The van der Waals surface area contributed by atoms with E-state index >= 15 is 0 Å². The number of carbonyl (C=O) groups is 1. The van der Waals surface area contributed by atoms with E-state index in [1.807, 2.05) is 31.2 Å². The number of likely N-dealkylation sites (N-methyl/N-ethyl adjacent to an activating group) is 1. The van der Waals surface area contributed by atoms with Crippen molar-refractivity contribution in [1.29, 1.82) is 0 Å². The van der Waals surface area contributed by atoms with Crippen LogP contribution < -0.4 is 14.8 Å². The quantitative estimate of drug-likeness (QED) is 0.650. The molecule has 0 aromatic heterocycles. The first kappa shape index (κ1) is 17.3. The molecule has 5 heteroatoms. The van der Waals surface area contributed by atoms with Gasteiger partial charge in [0.15, 0.2) is 11.5 Å². The van der Waals surface area contributed by atoms with Crippen molar-refractivity contribution in [3.8, 4) is 11.5 Å². The second-order valence-corrected chi connectivity index (χ2v) is 5.12. The van der Waals surface area contributed by atoms with Gasteiger partial charge in [0.2, 0.25) is 0 Å². The summed E-state index contributed by atoms with van der Waals surface area (Å²) in [5.41, 5.74) is -0.862. The van der Waals surface area contributed by atoms with Crippen LogP contribution in [-0.2, 0) is 4.79 Å². The molecule has 0 aliphatic rings. The normalized spacial score (nSPS) is 13.5. The molecule has 0 aliphatic carbocycles. The molecule has 1 aromatic carbocycles. The van der Waals surface area contributed by atoms with E-state index in [4.69, 9.17) is 9.47 Å². The summed E-state index contributed by atoms with van der Waals surface area (Å²) < 4.78 is 10.9. The third-order valence-electron chi connectivity index (χ3n) is 3.44. The highest BCUT2D eigenvalue weighted by Crippen LogP contribution is 2.26. The molecule has 0 radical (unpaired) electrons. The van der Waals surface area contributed by atoms with Crippen LogP contribution in [0.4, 0.5) is 0 Å². The zero-order valence-electron chi connectivity index (χ0n) is 13.0. The summed E-state index contributed by atoms with van der Waals surface area (Å²) in [6, 6.07) is 7.49. The molecule has 21 heavy (non-hydrogen) atoms. The van der Waals surface area contributed by atoms with E-state index in [-0.39, 0.29) is 0 Å². The third kappa shape index (κ3) is 5.27. The Morgan fingerprint density at radius 1 is 1.29 bits per heavy atom. The van der Waals surface area contributed by atoms with Crippen LogP contribution in [-0.4, -0.2) is 36.9 Å². The Morgan fingerprint density at radius 3 is 2.52 bits per heavy atom. The van der Waals surface area contributed by atoms with E-state index in [1.54, 1.807) is 14.0 Å². The summed E-state index contributed by atoms with van der Waals surface area (Å²) >= 11 is 0. The van der Waals surface area contributed by atoms with Crippen molar-refractivity contribution < 1.29 is 19.4 Å². The van der Waals surface area contributed by atoms with Gasteiger partial charge in [0.1, 0.15) is 5.54 Å². The Balaban J connectivity index is 2.35. The highest BCUT2D eigenvalue weighted by Gasteiger charge is 2.30. The maximum absolute atomic E-state index is 11.3. The molecule has 0 fully saturated rings. The molecule has 1 atom stereocenters. The van der Waals surface area contributed by atoms with E-state index in [9.17, 15) is 9.90 Å². The lowest BCUT2D eigenvalue weighted by atomic mass is 9.95. The van der Waals surface area contributed by atoms with Crippen LogP contribution >= 0.6 is 0 Å². The average Bonchev–Trinajstić information content (AvgIpc) is 2.47. The van der Waals surface area contributed by atoms with Crippen molar-refractivity contribution in [2.45, 2.75) is 38.6 Å². The summed E-state index contributed by atoms with van der Waals surface area (Å²) in [6.45, 7) is 4.81. The second kappa shape index (κ2) is 8.52. The van der Waals surface area contributed by atoms with Gasteiger partial charge in [-0.2, -0.15) is 0 Å². The number of benzene rings is 1. The SMILES string of the molecule is CCNC(C)(CCCCOc1ccccc1OC)C(=O)O. The van der Waals surface area contributed by atoms with Crippen LogP contribution in [0.3, 0.4) is 0 Å². The van der Waals surface area contributed by atoms with Gasteiger partial charge in [0.25, 0.3) is 0 Å². The van der Waals surface area contributed by atoms with Gasteiger partial charge in [-0.05, 0) is 44.9 Å². The molecule has 5 nitrogen and oxygen atoms in total. The molecule has 0 saturated carbocycles. The van der Waals surface area contributed by atoms with E-state index in [1.165, 1.54) is 0 Å². The molecule has 0 spiro atoms. The van der Waals surface area contributed by atoms with Gasteiger partial charge in [-0.25, -0.2) is 0 Å². The van der Waals surface area contributed by atoms with Crippen molar-refractivity contribution in [3.05, 3.63) is 24.3 Å². The van der Waals surface area contributed by atoms with E-state index in [0.717, 1.165) is 12.8 Å². The summed E-state index contributed by atoms with van der Waals surface area (Å²) in [7, 11) is 1.61. The number of ether oxygens (including phenoxy) is 2. The minimum Gasteiger partial charge on any atom is -0.493 e.